The van der Waals surface area contributed by atoms with Crippen LogP contribution in [-0.2, 0) is 15.1 Å². The van der Waals surface area contributed by atoms with Crippen molar-refractivity contribution in [3.63, 3.8) is 0 Å². The summed E-state index contributed by atoms with van der Waals surface area (Å²) in [7, 11) is 0. The minimum Gasteiger partial charge on any atom is -0.327 e. The molecule has 3 saturated heterocycles. The molecule has 3 heterocycles. The topological polar surface area (TPSA) is 93.7 Å². The molecule has 3 aliphatic heterocycles. The molecule has 2 N–H and O–H groups in total. The van der Waals surface area contributed by atoms with Crippen molar-refractivity contribution in [2.75, 3.05) is 13.1 Å². The van der Waals surface area contributed by atoms with Crippen LogP contribution in [0.3, 0.4) is 0 Å². The van der Waals surface area contributed by atoms with E-state index < -0.39 is 6.04 Å². The van der Waals surface area contributed by atoms with E-state index in [4.69, 9.17) is 5.73 Å². The number of nitrogens with two attached hydrogens (primary N) is 1. The minimum atomic E-state index is -0.724. The van der Waals surface area contributed by atoms with E-state index in [9.17, 15) is 19.2 Å². The van der Waals surface area contributed by atoms with Gasteiger partial charge in [0.05, 0.1) is 23.7 Å². The second-order valence-corrected chi connectivity index (χ2v) is 10.6. The number of amides is 2. The van der Waals surface area contributed by atoms with Gasteiger partial charge >= 0.3 is 0 Å². The number of halogens is 1. The Morgan fingerprint density at radius 3 is 2.61 bits per heavy atom. The van der Waals surface area contributed by atoms with Crippen LogP contribution in [0.1, 0.15) is 50.5 Å². The second-order valence-electron chi connectivity index (χ2n) is 10.6. The number of carbonyl (C=O) groups excluding carboxylic acids is 2. The van der Waals surface area contributed by atoms with Gasteiger partial charge in [-0.05, 0) is 55.7 Å². The number of hydrogen-bond acceptors (Lipinski definition) is 5. The number of piperidine rings is 1. The first-order chi connectivity index (χ1) is 15.9. The highest BCUT2D eigenvalue weighted by atomic mass is 19.1. The van der Waals surface area contributed by atoms with Crippen LogP contribution in [0.4, 0.5) is 4.39 Å². The number of carbonyl (C=O) groups is 2. The molecule has 1 aromatic carbocycles. The predicted octanol–water partition coefficient (Wildman–Crippen LogP) is 1.72. The number of nitriles is 1. The number of nitrogens with zero attached hydrogens (tertiary/aromatic N) is 4. The Morgan fingerprint density at radius 1 is 1.21 bits per heavy atom. The molecule has 8 heteroatoms. The smallest absolute Gasteiger partial charge is 0.242 e. The number of rotatable bonds is 5. The molecule has 0 aromatic heterocycles. The molecule has 6 rings (SSSR count). The van der Waals surface area contributed by atoms with E-state index >= 15 is 0 Å². The lowest BCUT2D eigenvalue weighted by Gasteiger charge is -2.46. The molecule has 2 aliphatic carbocycles. The maximum atomic E-state index is 13.6. The SMILES string of the molecule is N#C[C@@H]1C[C@@H]2C[C@@H]2N1C(=O)[C@@H](N)CN1CC2C[C@H]1C(=O)N2C1(c2ccc(F)cc2)CCCC1. The van der Waals surface area contributed by atoms with Gasteiger partial charge in [-0.2, -0.15) is 5.26 Å². The van der Waals surface area contributed by atoms with Crippen LogP contribution >= 0.6 is 0 Å². The summed E-state index contributed by atoms with van der Waals surface area (Å²) in [6, 6.07) is 7.81. The van der Waals surface area contributed by atoms with Gasteiger partial charge in [0.1, 0.15) is 11.9 Å². The molecule has 2 amide bonds. The van der Waals surface area contributed by atoms with Crippen molar-refractivity contribution in [3.05, 3.63) is 35.6 Å². The third kappa shape index (κ3) is 3.12. The molecule has 1 unspecified atom stereocenters. The summed E-state index contributed by atoms with van der Waals surface area (Å²) in [4.78, 5) is 32.5. The zero-order valence-electron chi connectivity index (χ0n) is 18.7. The van der Waals surface area contributed by atoms with Gasteiger partial charge in [0.2, 0.25) is 11.8 Å². The van der Waals surface area contributed by atoms with Gasteiger partial charge in [-0.3, -0.25) is 14.5 Å². The quantitative estimate of drug-likeness (QED) is 0.736. The zero-order valence-corrected chi connectivity index (χ0v) is 18.7. The number of likely N-dealkylation sites (tertiary alicyclic amines) is 3. The molecular formula is C25H30FN5O2. The van der Waals surface area contributed by atoms with Gasteiger partial charge in [-0.15, -0.1) is 0 Å². The van der Waals surface area contributed by atoms with E-state index in [1.165, 1.54) is 12.1 Å². The fourth-order valence-electron chi connectivity index (χ4n) is 7.23. The largest absolute Gasteiger partial charge is 0.327 e. The third-order valence-corrected chi connectivity index (χ3v) is 8.80. The third-order valence-electron chi connectivity index (χ3n) is 8.80. The molecule has 5 aliphatic rings. The van der Waals surface area contributed by atoms with Crippen LogP contribution in [0.2, 0.25) is 0 Å². The first kappa shape index (κ1) is 21.1. The molecule has 1 aromatic rings. The van der Waals surface area contributed by atoms with Crippen molar-refractivity contribution in [1.29, 1.82) is 5.26 Å². The van der Waals surface area contributed by atoms with Gasteiger partial charge in [-0.25, -0.2) is 4.39 Å². The van der Waals surface area contributed by atoms with Gasteiger partial charge in [0, 0.05) is 25.2 Å². The van der Waals surface area contributed by atoms with E-state index in [0.717, 1.165) is 50.5 Å². The van der Waals surface area contributed by atoms with Crippen LogP contribution < -0.4 is 5.73 Å². The van der Waals surface area contributed by atoms with Gasteiger partial charge in [-0.1, -0.05) is 25.0 Å². The number of piperazine rings is 1. The van der Waals surface area contributed by atoms with E-state index in [1.807, 2.05) is 12.1 Å². The lowest BCUT2D eigenvalue weighted by atomic mass is 9.85. The van der Waals surface area contributed by atoms with Crippen molar-refractivity contribution in [1.82, 2.24) is 14.7 Å². The Morgan fingerprint density at radius 2 is 1.94 bits per heavy atom. The first-order valence-corrected chi connectivity index (χ1v) is 12.2. The Balaban J connectivity index is 1.17. The van der Waals surface area contributed by atoms with Crippen molar-refractivity contribution in [3.8, 4) is 6.07 Å². The van der Waals surface area contributed by atoms with Crippen LogP contribution in [0.15, 0.2) is 24.3 Å². The molecule has 0 radical (unpaired) electrons. The number of hydrogen-bond donors (Lipinski definition) is 1. The highest BCUT2D eigenvalue weighted by molar-refractivity contribution is 5.87. The maximum Gasteiger partial charge on any atom is 0.242 e. The van der Waals surface area contributed by atoms with E-state index in [0.29, 0.717) is 19.0 Å². The predicted molar refractivity (Wildman–Crippen MR) is 118 cm³/mol. The van der Waals surface area contributed by atoms with E-state index in [1.54, 1.807) is 4.90 Å². The Hall–Kier alpha value is -2.50. The summed E-state index contributed by atoms with van der Waals surface area (Å²) >= 11 is 0. The molecule has 7 nitrogen and oxygen atoms in total. The van der Waals surface area contributed by atoms with Gasteiger partial charge in [0.25, 0.3) is 0 Å². The summed E-state index contributed by atoms with van der Waals surface area (Å²) < 4.78 is 13.6. The van der Waals surface area contributed by atoms with E-state index in [2.05, 4.69) is 15.9 Å². The fraction of sp³-hybridized carbons (Fsp3) is 0.640. The van der Waals surface area contributed by atoms with Crippen LogP contribution in [-0.4, -0.2) is 69.8 Å². The molecule has 2 saturated carbocycles. The van der Waals surface area contributed by atoms with Crippen LogP contribution in [0.5, 0.6) is 0 Å². The molecule has 6 atom stereocenters. The Labute approximate surface area is 193 Å². The second kappa shape index (κ2) is 7.51. The Bertz CT molecular complexity index is 1020. The Kier molecular flexibility index (Phi) is 4.79. The lowest BCUT2D eigenvalue weighted by Crippen LogP contribution is -2.60. The average Bonchev–Trinajstić information content (AvgIpc) is 3.20. The molecule has 0 spiro atoms. The summed E-state index contributed by atoms with van der Waals surface area (Å²) in [5.41, 5.74) is 7.01. The highest BCUT2D eigenvalue weighted by Crippen LogP contribution is 2.50. The summed E-state index contributed by atoms with van der Waals surface area (Å²) in [5, 5.41) is 9.41. The van der Waals surface area contributed by atoms with Crippen LogP contribution in [0.25, 0.3) is 0 Å². The normalized spacial score (nSPS) is 35.1. The van der Waals surface area contributed by atoms with Crippen molar-refractivity contribution >= 4 is 11.8 Å². The van der Waals surface area contributed by atoms with E-state index in [-0.39, 0.29) is 47.3 Å². The number of benzene rings is 1. The van der Waals surface area contributed by atoms with Gasteiger partial charge < -0.3 is 15.5 Å². The molecule has 5 fully saturated rings. The van der Waals surface area contributed by atoms with Crippen molar-refractivity contribution in [2.45, 2.75) is 80.7 Å². The van der Waals surface area contributed by atoms with Crippen molar-refractivity contribution in [2.24, 2.45) is 11.7 Å². The standard InChI is InChI=1S/C25H30FN5O2/c26-17-5-3-16(4-6-17)25(7-1-2-8-25)31-19-11-22(24(31)33)29(13-19)14-20(28)23(32)30-18(12-27)9-15-10-21(15)30/h3-6,15,18-22H,1-2,7-11,13-14,28H2/t15-,18+,19?,20+,21+,22+/m1/s1. The molecule has 174 valence electrons. The van der Waals surface area contributed by atoms with Gasteiger partial charge in [0.15, 0.2) is 0 Å². The zero-order chi connectivity index (χ0) is 22.9. The minimum absolute atomic E-state index is 0.0828. The van der Waals surface area contributed by atoms with Crippen LogP contribution in [0, 0.1) is 23.1 Å². The molecule has 2 bridgehead atoms. The summed E-state index contributed by atoms with van der Waals surface area (Å²) in [6.07, 6.45) is 6.39. The fourth-order valence-corrected chi connectivity index (χ4v) is 7.23. The lowest BCUT2D eigenvalue weighted by molar-refractivity contribution is -0.146. The highest BCUT2D eigenvalue weighted by Gasteiger charge is 2.58. The first-order valence-electron chi connectivity index (χ1n) is 12.2. The summed E-state index contributed by atoms with van der Waals surface area (Å²) in [5.74, 6) is 0.144. The van der Waals surface area contributed by atoms with Crippen molar-refractivity contribution < 1.29 is 14.0 Å². The monoisotopic (exact) mass is 451 g/mol. The maximum absolute atomic E-state index is 13.6. The molecular weight excluding hydrogens is 421 g/mol. The average molecular weight is 452 g/mol. The number of fused-ring (bicyclic) bond motifs is 3. The summed E-state index contributed by atoms with van der Waals surface area (Å²) in [6.45, 7) is 1.04. The molecule has 33 heavy (non-hydrogen) atoms.